The van der Waals surface area contributed by atoms with Crippen molar-refractivity contribution in [3.8, 4) is 5.75 Å². The normalized spacial score (nSPS) is 12.2. The molecule has 0 spiro atoms. The quantitative estimate of drug-likeness (QED) is 0.910. The molecule has 0 saturated carbocycles. The molecule has 0 aliphatic heterocycles. The van der Waals surface area contributed by atoms with Crippen LogP contribution in [0.4, 0.5) is 0 Å². The highest BCUT2D eigenvalue weighted by atomic mass is 79.9. The van der Waals surface area contributed by atoms with Crippen LogP contribution in [-0.2, 0) is 6.54 Å². The molecule has 0 bridgehead atoms. The molecule has 4 heteroatoms. The minimum atomic E-state index is -0.672. The van der Waals surface area contributed by atoms with E-state index in [4.69, 9.17) is 10.5 Å². The summed E-state index contributed by atoms with van der Waals surface area (Å²) in [5.41, 5.74) is 8.26. The van der Waals surface area contributed by atoms with Crippen molar-refractivity contribution >= 4 is 15.9 Å². The van der Waals surface area contributed by atoms with Gasteiger partial charge < -0.3 is 15.6 Å². The minimum absolute atomic E-state index is 0.465. The predicted octanol–water partition coefficient (Wildman–Crippen LogP) is 3.00. The molecule has 2 rings (SSSR count). The van der Waals surface area contributed by atoms with Crippen molar-refractivity contribution in [2.75, 3.05) is 7.11 Å². The average Bonchev–Trinajstić information content (AvgIpc) is 2.46. The number of halogens is 1. The highest BCUT2D eigenvalue weighted by Crippen LogP contribution is 2.30. The van der Waals surface area contributed by atoms with E-state index >= 15 is 0 Å². The summed E-state index contributed by atoms with van der Waals surface area (Å²) in [6.45, 7) is 0.465. The minimum Gasteiger partial charge on any atom is -0.496 e. The van der Waals surface area contributed by atoms with Crippen LogP contribution < -0.4 is 10.5 Å². The van der Waals surface area contributed by atoms with Crippen LogP contribution in [0.25, 0.3) is 0 Å². The third-order valence-electron chi connectivity index (χ3n) is 2.99. The van der Waals surface area contributed by atoms with Gasteiger partial charge in [0.2, 0.25) is 0 Å². The summed E-state index contributed by atoms with van der Waals surface area (Å²) in [4.78, 5) is 0. The molecule has 100 valence electrons. The fraction of sp³-hybridized carbons (Fsp3) is 0.200. The topological polar surface area (TPSA) is 55.5 Å². The number of rotatable bonds is 4. The number of aliphatic hydroxyl groups is 1. The maximum absolute atomic E-state index is 10.4. The molecule has 0 fully saturated rings. The summed E-state index contributed by atoms with van der Waals surface area (Å²) < 4.78 is 6.00. The van der Waals surface area contributed by atoms with Gasteiger partial charge in [-0.25, -0.2) is 0 Å². The summed E-state index contributed by atoms with van der Waals surface area (Å²) >= 11 is 3.42. The van der Waals surface area contributed by atoms with Crippen molar-refractivity contribution in [2.24, 2.45) is 5.73 Å². The Balaban J connectivity index is 2.32. The van der Waals surface area contributed by atoms with Gasteiger partial charge >= 0.3 is 0 Å². The Morgan fingerprint density at radius 1 is 1.21 bits per heavy atom. The Labute approximate surface area is 121 Å². The second kappa shape index (κ2) is 6.19. The molecule has 0 amide bonds. The van der Waals surface area contributed by atoms with E-state index in [0.29, 0.717) is 6.54 Å². The van der Waals surface area contributed by atoms with Crippen molar-refractivity contribution in [1.82, 2.24) is 0 Å². The van der Waals surface area contributed by atoms with Gasteiger partial charge in [-0.05, 0) is 44.8 Å². The molecule has 0 saturated heterocycles. The van der Waals surface area contributed by atoms with Crippen LogP contribution in [0.15, 0.2) is 46.9 Å². The number of methoxy groups -OCH3 is 1. The predicted molar refractivity (Wildman–Crippen MR) is 79.1 cm³/mol. The molecule has 3 nitrogen and oxygen atoms in total. The first-order valence-corrected chi connectivity index (χ1v) is 6.75. The van der Waals surface area contributed by atoms with Crippen LogP contribution in [0.2, 0.25) is 0 Å². The Bertz CT molecular complexity index is 572. The van der Waals surface area contributed by atoms with E-state index in [1.807, 2.05) is 42.5 Å². The Kier molecular flexibility index (Phi) is 4.58. The molecule has 0 heterocycles. The molecule has 2 aromatic carbocycles. The van der Waals surface area contributed by atoms with Crippen LogP contribution in [-0.4, -0.2) is 12.2 Å². The first-order chi connectivity index (χ1) is 9.15. The van der Waals surface area contributed by atoms with E-state index in [1.54, 1.807) is 7.11 Å². The van der Waals surface area contributed by atoms with E-state index in [0.717, 1.165) is 26.9 Å². The second-order valence-corrected chi connectivity index (χ2v) is 5.10. The molecule has 1 atom stereocenters. The third kappa shape index (κ3) is 3.15. The molecular weight excluding hydrogens is 306 g/mol. The van der Waals surface area contributed by atoms with Crippen molar-refractivity contribution in [3.63, 3.8) is 0 Å². The second-order valence-electron chi connectivity index (χ2n) is 4.25. The smallest absolute Gasteiger partial charge is 0.133 e. The van der Waals surface area contributed by atoms with Gasteiger partial charge in [0, 0.05) is 6.54 Å². The zero-order valence-electron chi connectivity index (χ0n) is 10.6. The van der Waals surface area contributed by atoms with Gasteiger partial charge in [-0.15, -0.1) is 0 Å². The van der Waals surface area contributed by atoms with Crippen LogP contribution in [0.3, 0.4) is 0 Å². The lowest BCUT2D eigenvalue weighted by Gasteiger charge is -2.14. The number of hydrogen-bond acceptors (Lipinski definition) is 3. The lowest BCUT2D eigenvalue weighted by molar-refractivity contribution is 0.220. The van der Waals surface area contributed by atoms with Crippen LogP contribution in [0, 0.1) is 0 Å². The molecule has 0 aliphatic carbocycles. The van der Waals surface area contributed by atoms with E-state index in [1.165, 1.54) is 0 Å². The molecule has 3 N–H and O–H groups in total. The highest BCUT2D eigenvalue weighted by molar-refractivity contribution is 9.10. The molecule has 0 aromatic heterocycles. The fourth-order valence-electron chi connectivity index (χ4n) is 1.94. The van der Waals surface area contributed by atoms with Gasteiger partial charge in [-0.3, -0.25) is 0 Å². The Morgan fingerprint density at radius 2 is 1.95 bits per heavy atom. The number of nitrogens with two attached hydrogens (primary N) is 1. The van der Waals surface area contributed by atoms with Gasteiger partial charge in [-0.1, -0.05) is 30.3 Å². The van der Waals surface area contributed by atoms with E-state index in [9.17, 15) is 5.11 Å². The van der Waals surface area contributed by atoms with Crippen molar-refractivity contribution < 1.29 is 9.84 Å². The van der Waals surface area contributed by atoms with Crippen LogP contribution >= 0.6 is 15.9 Å². The number of benzene rings is 2. The zero-order valence-corrected chi connectivity index (χ0v) is 12.2. The van der Waals surface area contributed by atoms with Crippen LogP contribution in [0.5, 0.6) is 5.75 Å². The average molecular weight is 322 g/mol. The highest BCUT2D eigenvalue weighted by Gasteiger charge is 2.12. The molecule has 19 heavy (non-hydrogen) atoms. The summed E-state index contributed by atoms with van der Waals surface area (Å²) in [6, 6.07) is 13.2. The third-order valence-corrected chi connectivity index (χ3v) is 3.61. The van der Waals surface area contributed by atoms with Gasteiger partial charge in [0.25, 0.3) is 0 Å². The van der Waals surface area contributed by atoms with Gasteiger partial charge in [0.05, 0.1) is 11.6 Å². The van der Waals surface area contributed by atoms with Gasteiger partial charge in [-0.2, -0.15) is 0 Å². The van der Waals surface area contributed by atoms with Crippen molar-refractivity contribution in [3.05, 3.63) is 63.6 Å². The van der Waals surface area contributed by atoms with E-state index < -0.39 is 6.10 Å². The molecule has 0 aliphatic rings. The summed E-state index contributed by atoms with van der Waals surface area (Å²) in [6.07, 6.45) is -0.672. The van der Waals surface area contributed by atoms with E-state index in [2.05, 4.69) is 15.9 Å². The number of ether oxygens (including phenoxy) is 1. The summed E-state index contributed by atoms with van der Waals surface area (Å²) in [5, 5.41) is 10.4. The maximum Gasteiger partial charge on any atom is 0.133 e. The molecule has 0 radical (unpaired) electrons. The van der Waals surface area contributed by atoms with Gasteiger partial charge in [0.15, 0.2) is 0 Å². The monoisotopic (exact) mass is 321 g/mol. The van der Waals surface area contributed by atoms with Gasteiger partial charge in [0.1, 0.15) is 11.9 Å². The lowest BCUT2D eigenvalue weighted by atomic mass is 10.00. The Morgan fingerprint density at radius 3 is 2.58 bits per heavy atom. The van der Waals surface area contributed by atoms with Crippen LogP contribution in [0.1, 0.15) is 22.8 Å². The molecule has 1 unspecified atom stereocenters. The first kappa shape index (κ1) is 14.1. The number of hydrogen-bond donors (Lipinski definition) is 2. The fourth-order valence-corrected chi connectivity index (χ4v) is 2.49. The SMILES string of the molecule is COc1ccc(C(O)c2cccc(CN)c2)cc1Br. The van der Waals surface area contributed by atoms with E-state index in [-0.39, 0.29) is 0 Å². The summed E-state index contributed by atoms with van der Waals surface area (Å²) in [5.74, 6) is 0.742. The largest absolute Gasteiger partial charge is 0.496 e. The zero-order chi connectivity index (χ0) is 13.8. The Hall–Kier alpha value is -1.36. The molecular formula is C15H16BrNO2. The van der Waals surface area contributed by atoms with Crippen molar-refractivity contribution in [1.29, 1.82) is 0 Å². The lowest BCUT2D eigenvalue weighted by Crippen LogP contribution is -2.02. The maximum atomic E-state index is 10.4. The summed E-state index contributed by atoms with van der Waals surface area (Å²) in [7, 11) is 1.61. The van der Waals surface area contributed by atoms with Crippen molar-refractivity contribution in [2.45, 2.75) is 12.6 Å². The first-order valence-electron chi connectivity index (χ1n) is 5.96. The standard InChI is InChI=1S/C15H16BrNO2/c1-19-14-6-5-12(8-13(14)16)15(18)11-4-2-3-10(7-11)9-17/h2-8,15,18H,9,17H2,1H3. The number of aliphatic hydroxyl groups excluding tert-OH is 1. The molecule has 2 aromatic rings.